The summed E-state index contributed by atoms with van der Waals surface area (Å²) < 4.78 is 20.7. The fraction of sp³-hybridized carbons (Fsp3) is 0.538. The van der Waals surface area contributed by atoms with Gasteiger partial charge in [0.25, 0.3) is 0 Å². The minimum Gasteiger partial charge on any atom is -0.490 e. The van der Waals surface area contributed by atoms with Gasteiger partial charge in [-0.1, -0.05) is 0 Å². The van der Waals surface area contributed by atoms with E-state index < -0.39 is 5.97 Å². The van der Waals surface area contributed by atoms with Crippen LogP contribution in [0.4, 0.5) is 0 Å². The molecule has 1 rings (SSSR count). The van der Waals surface area contributed by atoms with Crippen molar-refractivity contribution in [3.8, 4) is 5.75 Å². The van der Waals surface area contributed by atoms with Gasteiger partial charge in [-0.15, -0.1) is 0 Å². The van der Waals surface area contributed by atoms with E-state index in [0.29, 0.717) is 33.0 Å². The normalized spacial score (nSPS) is 10.4. The number of aromatic carboxylic acids is 1. The van der Waals surface area contributed by atoms with Gasteiger partial charge < -0.3 is 24.1 Å². The topological polar surface area (TPSA) is 87.1 Å². The van der Waals surface area contributed by atoms with Crippen molar-refractivity contribution in [1.29, 1.82) is 0 Å². The molecule has 1 heterocycles. The van der Waals surface area contributed by atoms with Gasteiger partial charge in [0.15, 0.2) is 0 Å². The van der Waals surface area contributed by atoms with Gasteiger partial charge in [-0.2, -0.15) is 0 Å². The maximum absolute atomic E-state index is 10.9. The van der Waals surface area contributed by atoms with E-state index in [2.05, 4.69) is 4.98 Å². The first kappa shape index (κ1) is 16.4. The van der Waals surface area contributed by atoms with Crippen LogP contribution in [-0.2, 0) is 14.2 Å². The van der Waals surface area contributed by atoms with Gasteiger partial charge in [0, 0.05) is 19.5 Å². The first-order valence-corrected chi connectivity index (χ1v) is 6.20. The number of hydrogen-bond acceptors (Lipinski definition) is 6. The lowest BCUT2D eigenvalue weighted by Crippen LogP contribution is -2.13. The summed E-state index contributed by atoms with van der Waals surface area (Å²) in [5.41, 5.74) is 0.0374. The summed E-state index contributed by atoms with van der Waals surface area (Å²) in [6, 6.07) is 1.51. The molecule has 0 atom stereocenters. The Labute approximate surface area is 117 Å². The number of carboxylic acid groups (broad SMARTS) is 1. The lowest BCUT2D eigenvalue weighted by molar-refractivity contribution is 0.0178. The number of methoxy groups -OCH3 is 1. The highest BCUT2D eigenvalue weighted by Crippen LogP contribution is 2.15. The zero-order chi connectivity index (χ0) is 14.6. The molecule has 0 saturated carbocycles. The Morgan fingerprint density at radius 1 is 1.15 bits per heavy atom. The number of nitrogens with zero attached hydrogens (tertiary/aromatic N) is 1. The minimum absolute atomic E-state index is 0.0374. The third kappa shape index (κ3) is 6.46. The zero-order valence-corrected chi connectivity index (χ0v) is 11.4. The number of hydrogen-bond donors (Lipinski definition) is 1. The number of rotatable bonds is 11. The van der Waals surface area contributed by atoms with Crippen LogP contribution in [0.2, 0.25) is 0 Å². The number of ether oxygens (including phenoxy) is 4. The van der Waals surface area contributed by atoms with Crippen LogP contribution < -0.4 is 4.74 Å². The Hall–Kier alpha value is -1.70. The number of carboxylic acids is 1. The van der Waals surface area contributed by atoms with E-state index in [1.807, 2.05) is 0 Å². The van der Waals surface area contributed by atoms with E-state index in [1.54, 1.807) is 7.11 Å². The second-order valence-electron chi connectivity index (χ2n) is 3.74. The van der Waals surface area contributed by atoms with E-state index in [0.717, 1.165) is 0 Å². The van der Waals surface area contributed by atoms with Crippen LogP contribution in [0.1, 0.15) is 10.4 Å². The maximum Gasteiger partial charge on any atom is 0.341 e. The predicted octanol–water partition coefficient (Wildman–Crippen LogP) is 0.838. The zero-order valence-electron chi connectivity index (χ0n) is 11.4. The molecule has 0 unspecified atom stereocenters. The molecule has 7 nitrogen and oxygen atoms in total. The highest BCUT2D eigenvalue weighted by atomic mass is 16.6. The molecule has 7 heteroatoms. The molecule has 1 N–H and O–H groups in total. The minimum atomic E-state index is -1.07. The van der Waals surface area contributed by atoms with Crippen LogP contribution in [-0.4, -0.2) is 62.8 Å². The molecule has 20 heavy (non-hydrogen) atoms. The quantitative estimate of drug-likeness (QED) is 0.603. The summed E-state index contributed by atoms with van der Waals surface area (Å²) >= 11 is 0. The van der Waals surface area contributed by atoms with E-state index >= 15 is 0 Å². The lowest BCUT2D eigenvalue weighted by atomic mass is 10.2. The molecule has 0 bridgehead atoms. The summed E-state index contributed by atoms with van der Waals surface area (Å²) in [4.78, 5) is 14.6. The Balaban J connectivity index is 2.11. The average Bonchev–Trinajstić information content (AvgIpc) is 2.46. The molecule has 0 aromatic carbocycles. The fourth-order valence-corrected chi connectivity index (χ4v) is 1.34. The van der Waals surface area contributed by atoms with Gasteiger partial charge in [0.05, 0.1) is 33.0 Å². The lowest BCUT2D eigenvalue weighted by Gasteiger charge is -2.09. The van der Waals surface area contributed by atoms with Crippen molar-refractivity contribution in [2.45, 2.75) is 0 Å². The van der Waals surface area contributed by atoms with Gasteiger partial charge in [0.1, 0.15) is 17.9 Å². The third-order valence-electron chi connectivity index (χ3n) is 2.30. The molecule has 0 aliphatic rings. The number of pyridine rings is 1. The molecule has 112 valence electrons. The number of aromatic nitrogens is 1. The highest BCUT2D eigenvalue weighted by Gasteiger charge is 2.10. The molecule has 0 saturated heterocycles. The molecule has 1 aromatic rings. The Bertz CT molecular complexity index is 398. The van der Waals surface area contributed by atoms with Crippen LogP contribution in [0.15, 0.2) is 18.5 Å². The van der Waals surface area contributed by atoms with E-state index in [9.17, 15) is 4.79 Å². The predicted molar refractivity (Wildman–Crippen MR) is 70.2 cm³/mol. The van der Waals surface area contributed by atoms with Crippen molar-refractivity contribution in [1.82, 2.24) is 4.98 Å². The van der Waals surface area contributed by atoms with E-state index in [-0.39, 0.29) is 17.9 Å². The fourth-order valence-electron chi connectivity index (χ4n) is 1.34. The van der Waals surface area contributed by atoms with Crippen LogP contribution in [0.25, 0.3) is 0 Å². The molecule has 0 aliphatic heterocycles. The summed E-state index contributed by atoms with van der Waals surface area (Å²) in [5.74, 6) is -0.784. The van der Waals surface area contributed by atoms with Crippen LogP contribution in [0.3, 0.4) is 0 Å². The molecule has 0 fully saturated rings. The molecule has 0 spiro atoms. The summed E-state index contributed by atoms with van der Waals surface area (Å²) in [7, 11) is 1.61. The Morgan fingerprint density at radius 2 is 1.80 bits per heavy atom. The van der Waals surface area contributed by atoms with Crippen LogP contribution in [0, 0.1) is 0 Å². The first-order valence-electron chi connectivity index (χ1n) is 6.20. The van der Waals surface area contributed by atoms with Gasteiger partial charge in [-0.25, -0.2) is 4.79 Å². The van der Waals surface area contributed by atoms with Crippen molar-refractivity contribution in [3.05, 3.63) is 24.0 Å². The summed E-state index contributed by atoms with van der Waals surface area (Å²) in [6.07, 6.45) is 2.73. The Kier molecular flexibility index (Phi) is 8.28. The van der Waals surface area contributed by atoms with E-state index in [4.69, 9.17) is 24.1 Å². The molecule has 0 aliphatic carbocycles. The van der Waals surface area contributed by atoms with Gasteiger partial charge >= 0.3 is 5.97 Å². The van der Waals surface area contributed by atoms with Crippen molar-refractivity contribution in [2.75, 3.05) is 46.8 Å². The molecule has 0 radical (unpaired) electrons. The highest BCUT2D eigenvalue weighted by molar-refractivity contribution is 5.90. The molecular formula is C13H19NO6. The molecule has 0 amide bonds. The first-order chi connectivity index (χ1) is 9.75. The monoisotopic (exact) mass is 285 g/mol. The molecular weight excluding hydrogens is 266 g/mol. The van der Waals surface area contributed by atoms with Crippen molar-refractivity contribution in [2.24, 2.45) is 0 Å². The van der Waals surface area contributed by atoms with Crippen molar-refractivity contribution >= 4 is 5.97 Å². The summed E-state index contributed by atoms with van der Waals surface area (Å²) in [5, 5.41) is 8.93. The Morgan fingerprint density at radius 3 is 2.45 bits per heavy atom. The second kappa shape index (κ2) is 10.1. The standard InChI is InChI=1S/C13H19NO6/c1-17-4-5-18-6-7-19-8-9-20-12-2-3-14-10-11(12)13(15)16/h2-3,10H,4-9H2,1H3,(H,15,16). The van der Waals surface area contributed by atoms with Gasteiger partial charge in [0.2, 0.25) is 0 Å². The van der Waals surface area contributed by atoms with E-state index in [1.165, 1.54) is 18.5 Å². The number of carbonyl (C=O) groups is 1. The smallest absolute Gasteiger partial charge is 0.341 e. The SMILES string of the molecule is COCCOCCOCCOc1ccncc1C(=O)O. The maximum atomic E-state index is 10.9. The molecule has 1 aromatic heterocycles. The summed E-state index contributed by atoms with van der Waals surface area (Å²) in [6.45, 7) is 2.66. The second-order valence-corrected chi connectivity index (χ2v) is 3.74. The van der Waals surface area contributed by atoms with Crippen LogP contribution in [0.5, 0.6) is 5.75 Å². The van der Waals surface area contributed by atoms with Gasteiger partial charge in [-0.3, -0.25) is 4.98 Å². The van der Waals surface area contributed by atoms with Gasteiger partial charge in [-0.05, 0) is 6.07 Å². The van der Waals surface area contributed by atoms with Crippen LogP contribution >= 0.6 is 0 Å². The van der Waals surface area contributed by atoms with Crippen molar-refractivity contribution in [3.63, 3.8) is 0 Å². The van der Waals surface area contributed by atoms with Crippen molar-refractivity contribution < 1.29 is 28.8 Å². The average molecular weight is 285 g/mol. The largest absolute Gasteiger partial charge is 0.490 e. The third-order valence-corrected chi connectivity index (χ3v) is 2.30.